The lowest BCUT2D eigenvalue weighted by Crippen LogP contribution is -2.03. The van der Waals surface area contributed by atoms with E-state index in [1.165, 1.54) is 5.56 Å². The summed E-state index contributed by atoms with van der Waals surface area (Å²) in [7, 11) is 0. The lowest BCUT2D eigenvalue weighted by Gasteiger charge is -2.11. The molecular weight excluding hydrogens is 340 g/mol. The molecule has 1 aromatic heterocycles. The molecule has 27 heavy (non-hydrogen) atoms. The number of anilines is 4. The molecule has 0 atom stereocenters. The van der Waals surface area contributed by atoms with Crippen LogP contribution in [0, 0.1) is 6.92 Å². The van der Waals surface area contributed by atoms with Crippen molar-refractivity contribution in [3.63, 3.8) is 0 Å². The van der Waals surface area contributed by atoms with Crippen molar-refractivity contribution < 1.29 is 9.90 Å². The predicted molar refractivity (Wildman–Crippen MR) is 107 cm³/mol. The average molecular weight is 362 g/mol. The molecule has 0 aliphatic rings. The predicted octanol–water partition coefficient (Wildman–Crippen LogP) is 5.09. The average Bonchev–Trinajstić information content (AvgIpc) is 2.62. The van der Waals surface area contributed by atoms with Crippen LogP contribution in [0.3, 0.4) is 0 Å². The normalized spacial score (nSPS) is 10.7. The first-order valence-electron chi connectivity index (χ1n) is 8.74. The van der Waals surface area contributed by atoms with E-state index in [0.717, 1.165) is 11.4 Å². The van der Waals surface area contributed by atoms with Gasteiger partial charge < -0.3 is 15.7 Å². The maximum Gasteiger partial charge on any atom is 0.335 e. The van der Waals surface area contributed by atoms with E-state index in [2.05, 4.69) is 46.6 Å². The van der Waals surface area contributed by atoms with Crippen LogP contribution >= 0.6 is 0 Å². The molecule has 0 aliphatic carbocycles. The number of aromatic carboxylic acids is 1. The van der Waals surface area contributed by atoms with E-state index in [9.17, 15) is 4.79 Å². The molecule has 6 nitrogen and oxygen atoms in total. The molecule has 2 aromatic carbocycles. The van der Waals surface area contributed by atoms with Crippen LogP contribution < -0.4 is 10.6 Å². The Morgan fingerprint density at radius 1 is 0.963 bits per heavy atom. The molecule has 0 amide bonds. The zero-order chi connectivity index (χ0) is 19.4. The first-order chi connectivity index (χ1) is 12.9. The van der Waals surface area contributed by atoms with E-state index >= 15 is 0 Å². The fourth-order valence-electron chi connectivity index (χ4n) is 2.65. The summed E-state index contributed by atoms with van der Waals surface area (Å²) in [5.74, 6) is 0.576. The van der Waals surface area contributed by atoms with Gasteiger partial charge in [0.2, 0.25) is 5.95 Å². The van der Waals surface area contributed by atoms with E-state index in [0.29, 0.717) is 23.4 Å². The number of hydrogen-bond acceptors (Lipinski definition) is 5. The van der Waals surface area contributed by atoms with Gasteiger partial charge in [-0.25, -0.2) is 9.78 Å². The zero-order valence-corrected chi connectivity index (χ0v) is 15.5. The summed E-state index contributed by atoms with van der Waals surface area (Å²) in [5, 5.41) is 15.5. The fourth-order valence-corrected chi connectivity index (χ4v) is 2.65. The van der Waals surface area contributed by atoms with Gasteiger partial charge in [-0.3, -0.25) is 0 Å². The van der Waals surface area contributed by atoms with Gasteiger partial charge in [-0.15, -0.1) is 0 Å². The van der Waals surface area contributed by atoms with E-state index in [-0.39, 0.29) is 5.56 Å². The number of carbonyl (C=O) groups is 1. The largest absolute Gasteiger partial charge is 0.478 e. The number of benzene rings is 2. The van der Waals surface area contributed by atoms with Crippen LogP contribution in [-0.4, -0.2) is 21.0 Å². The molecule has 0 unspecified atom stereocenters. The molecule has 6 heteroatoms. The van der Waals surface area contributed by atoms with Crippen molar-refractivity contribution in [1.82, 2.24) is 9.97 Å². The summed E-state index contributed by atoms with van der Waals surface area (Å²) < 4.78 is 0. The molecule has 0 saturated heterocycles. The Bertz CT molecular complexity index is 953. The van der Waals surface area contributed by atoms with Crippen molar-refractivity contribution in [2.75, 3.05) is 10.6 Å². The van der Waals surface area contributed by atoms with Gasteiger partial charge >= 0.3 is 5.97 Å². The Kier molecular flexibility index (Phi) is 5.35. The molecule has 0 aliphatic heterocycles. The molecule has 0 bridgehead atoms. The second-order valence-electron chi connectivity index (χ2n) is 6.63. The molecule has 0 spiro atoms. The second kappa shape index (κ2) is 7.86. The number of rotatable bonds is 6. The standard InChI is InChI=1S/C21H22N4O2/c1-13(2)15-7-9-17(10-8-15)24-21-22-14(3)11-19(25-21)23-18-6-4-5-16(12-18)20(26)27/h4-13H,1-3H3,(H,26,27)(H2,22,23,24,25). The molecule has 138 valence electrons. The van der Waals surface area contributed by atoms with Crippen molar-refractivity contribution in [3.8, 4) is 0 Å². The zero-order valence-electron chi connectivity index (χ0n) is 15.5. The van der Waals surface area contributed by atoms with Crippen LogP contribution in [-0.2, 0) is 0 Å². The minimum Gasteiger partial charge on any atom is -0.478 e. The minimum absolute atomic E-state index is 0.217. The van der Waals surface area contributed by atoms with Gasteiger partial charge in [-0.2, -0.15) is 4.98 Å². The number of aryl methyl sites for hydroxylation is 1. The van der Waals surface area contributed by atoms with Crippen molar-refractivity contribution in [2.24, 2.45) is 0 Å². The Morgan fingerprint density at radius 2 is 1.70 bits per heavy atom. The molecular formula is C21H22N4O2. The van der Waals surface area contributed by atoms with Gasteiger partial charge in [0.05, 0.1) is 5.56 Å². The highest BCUT2D eigenvalue weighted by Gasteiger charge is 2.07. The quantitative estimate of drug-likeness (QED) is 0.566. The van der Waals surface area contributed by atoms with Crippen molar-refractivity contribution in [3.05, 3.63) is 71.4 Å². The van der Waals surface area contributed by atoms with E-state index < -0.39 is 5.97 Å². The Hall–Kier alpha value is -3.41. The van der Waals surface area contributed by atoms with Crippen LogP contribution in [0.5, 0.6) is 0 Å². The molecule has 3 aromatic rings. The van der Waals surface area contributed by atoms with Gasteiger partial charge in [-0.1, -0.05) is 32.0 Å². The SMILES string of the molecule is Cc1cc(Nc2cccc(C(=O)O)c2)nc(Nc2ccc(C(C)C)cc2)n1. The summed E-state index contributed by atoms with van der Waals surface area (Å²) in [5.41, 5.74) is 3.84. The highest BCUT2D eigenvalue weighted by Crippen LogP contribution is 2.22. The fraction of sp³-hybridized carbons (Fsp3) is 0.190. The van der Waals surface area contributed by atoms with Crippen LogP contribution in [0.1, 0.15) is 41.4 Å². The topological polar surface area (TPSA) is 87.1 Å². The van der Waals surface area contributed by atoms with Crippen molar-refractivity contribution >= 4 is 29.1 Å². The van der Waals surface area contributed by atoms with Gasteiger partial charge in [0.25, 0.3) is 0 Å². The lowest BCUT2D eigenvalue weighted by atomic mass is 10.0. The van der Waals surface area contributed by atoms with Crippen molar-refractivity contribution in [2.45, 2.75) is 26.7 Å². The number of hydrogen-bond donors (Lipinski definition) is 3. The first-order valence-corrected chi connectivity index (χ1v) is 8.74. The minimum atomic E-state index is -0.968. The van der Waals surface area contributed by atoms with Gasteiger partial charge in [0.1, 0.15) is 5.82 Å². The van der Waals surface area contributed by atoms with Crippen molar-refractivity contribution in [1.29, 1.82) is 0 Å². The van der Waals surface area contributed by atoms with Gasteiger partial charge in [0.15, 0.2) is 0 Å². The second-order valence-corrected chi connectivity index (χ2v) is 6.63. The van der Waals surface area contributed by atoms with Crippen LogP contribution in [0.2, 0.25) is 0 Å². The Labute approximate surface area is 158 Å². The Balaban J connectivity index is 1.80. The maximum absolute atomic E-state index is 11.1. The lowest BCUT2D eigenvalue weighted by molar-refractivity contribution is 0.0697. The third-order valence-electron chi connectivity index (χ3n) is 4.07. The number of nitrogens with zero attached hydrogens (tertiary/aromatic N) is 2. The highest BCUT2D eigenvalue weighted by atomic mass is 16.4. The molecule has 3 N–H and O–H groups in total. The Morgan fingerprint density at radius 3 is 2.37 bits per heavy atom. The summed E-state index contributed by atoms with van der Waals surface area (Å²) in [4.78, 5) is 20.0. The third-order valence-corrected chi connectivity index (χ3v) is 4.07. The highest BCUT2D eigenvalue weighted by molar-refractivity contribution is 5.89. The van der Waals surface area contributed by atoms with E-state index in [1.807, 2.05) is 19.1 Å². The smallest absolute Gasteiger partial charge is 0.335 e. The summed E-state index contributed by atoms with van der Waals surface area (Å²) in [6.07, 6.45) is 0. The summed E-state index contributed by atoms with van der Waals surface area (Å²) in [6.45, 7) is 6.19. The molecule has 0 fully saturated rings. The molecule has 0 saturated carbocycles. The van der Waals surface area contributed by atoms with Crippen LogP contribution in [0.25, 0.3) is 0 Å². The van der Waals surface area contributed by atoms with E-state index in [4.69, 9.17) is 5.11 Å². The van der Waals surface area contributed by atoms with Crippen LogP contribution in [0.4, 0.5) is 23.1 Å². The van der Waals surface area contributed by atoms with Gasteiger partial charge in [-0.05, 0) is 48.7 Å². The summed E-state index contributed by atoms with van der Waals surface area (Å²) in [6, 6.07) is 16.6. The third kappa shape index (κ3) is 4.82. The number of aromatic nitrogens is 2. The molecule has 0 radical (unpaired) electrons. The monoisotopic (exact) mass is 362 g/mol. The number of nitrogens with one attached hydrogen (secondary N) is 2. The summed E-state index contributed by atoms with van der Waals surface area (Å²) >= 11 is 0. The molecule has 3 rings (SSSR count). The maximum atomic E-state index is 11.1. The van der Waals surface area contributed by atoms with Gasteiger partial charge in [0, 0.05) is 23.1 Å². The number of carboxylic acid groups (broad SMARTS) is 1. The first kappa shape index (κ1) is 18.4. The van der Waals surface area contributed by atoms with E-state index in [1.54, 1.807) is 30.3 Å². The van der Waals surface area contributed by atoms with Crippen LogP contribution in [0.15, 0.2) is 54.6 Å². The number of carboxylic acids is 1. The molecule has 1 heterocycles.